The number of halogens is 1. The van der Waals surface area contributed by atoms with Gasteiger partial charge in [-0.05, 0) is 49.0 Å². The van der Waals surface area contributed by atoms with E-state index >= 15 is 0 Å². The second kappa shape index (κ2) is 8.31. The molecule has 1 atom stereocenters. The molecule has 0 bridgehead atoms. The number of nitrogens with zero attached hydrogens (tertiary/aromatic N) is 3. The molecule has 27 heavy (non-hydrogen) atoms. The highest BCUT2D eigenvalue weighted by atomic mass is 19.1. The summed E-state index contributed by atoms with van der Waals surface area (Å²) in [5.41, 5.74) is 2.60. The smallest absolute Gasteiger partial charge is 0.257 e. The molecule has 6 heteroatoms. The lowest BCUT2D eigenvalue weighted by Gasteiger charge is -2.24. The number of amides is 1. The average molecular weight is 369 g/mol. The third kappa shape index (κ3) is 4.34. The van der Waals surface area contributed by atoms with Gasteiger partial charge in [0.05, 0.1) is 25.4 Å². The molecule has 0 saturated heterocycles. The molecule has 0 aromatic heterocycles. The Labute approximate surface area is 159 Å². The normalized spacial score (nSPS) is 16.6. The van der Waals surface area contributed by atoms with E-state index in [0.717, 1.165) is 29.1 Å². The van der Waals surface area contributed by atoms with Crippen LogP contribution in [-0.2, 0) is 4.79 Å². The predicted octanol–water partition coefficient (Wildman–Crippen LogP) is 3.46. The van der Waals surface area contributed by atoms with E-state index < -0.39 is 0 Å². The Hall–Kier alpha value is -2.73. The number of hydrogen-bond donors (Lipinski definition) is 0. The van der Waals surface area contributed by atoms with E-state index in [2.05, 4.69) is 5.10 Å². The van der Waals surface area contributed by atoms with Crippen LogP contribution < -0.4 is 4.74 Å². The van der Waals surface area contributed by atoms with Gasteiger partial charge in [0, 0.05) is 6.42 Å². The van der Waals surface area contributed by atoms with Crippen LogP contribution >= 0.6 is 0 Å². The van der Waals surface area contributed by atoms with Gasteiger partial charge in [0.1, 0.15) is 11.6 Å². The number of likely N-dealkylation sites (N-methyl/N-ethyl adjacent to an activating group) is 1. The molecule has 2 aromatic carbocycles. The lowest BCUT2D eigenvalue weighted by atomic mass is 9.98. The highest BCUT2D eigenvalue weighted by Gasteiger charge is 2.33. The van der Waals surface area contributed by atoms with Crippen LogP contribution in [0, 0.1) is 5.82 Å². The van der Waals surface area contributed by atoms with Gasteiger partial charge in [0.15, 0.2) is 0 Å². The summed E-state index contributed by atoms with van der Waals surface area (Å²) in [7, 11) is 3.53. The maximum Gasteiger partial charge on any atom is 0.257 e. The summed E-state index contributed by atoms with van der Waals surface area (Å²) < 4.78 is 18.5. The molecule has 0 fully saturated rings. The summed E-state index contributed by atoms with van der Waals surface area (Å²) in [4.78, 5) is 14.8. The molecule has 1 amide bonds. The van der Waals surface area contributed by atoms with E-state index in [-0.39, 0.29) is 17.8 Å². The number of rotatable bonds is 6. The molecule has 142 valence electrons. The zero-order valence-electron chi connectivity index (χ0n) is 15.9. The zero-order chi connectivity index (χ0) is 19.4. The minimum Gasteiger partial charge on any atom is -0.497 e. The summed E-state index contributed by atoms with van der Waals surface area (Å²) in [6.07, 6.45) is 0.583. The van der Waals surface area contributed by atoms with E-state index in [0.29, 0.717) is 13.0 Å². The number of hydrogen-bond acceptors (Lipinski definition) is 4. The molecule has 3 rings (SSSR count). The number of hydrazone groups is 1. The van der Waals surface area contributed by atoms with Crippen molar-refractivity contribution in [3.63, 3.8) is 0 Å². The lowest BCUT2D eigenvalue weighted by molar-refractivity contribution is -0.133. The fourth-order valence-electron chi connectivity index (χ4n) is 3.06. The van der Waals surface area contributed by atoms with Crippen LogP contribution in [0.15, 0.2) is 53.6 Å². The fraction of sp³-hybridized carbons (Fsp3) is 0.333. The number of carbonyl (C=O) groups excluding carboxylic acids is 1. The number of carbonyl (C=O) groups is 1. The van der Waals surface area contributed by atoms with Crippen LogP contribution in [0.4, 0.5) is 4.39 Å². The first kappa shape index (κ1) is 19.0. The number of ether oxygens (including phenoxy) is 1. The molecule has 1 aliphatic rings. The van der Waals surface area contributed by atoms with Crippen LogP contribution in [0.25, 0.3) is 0 Å². The Morgan fingerprint density at radius 3 is 2.48 bits per heavy atom. The monoisotopic (exact) mass is 369 g/mol. The van der Waals surface area contributed by atoms with Gasteiger partial charge >= 0.3 is 0 Å². The van der Waals surface area contributed by atoms with Gasteiger partial charge in [0.25, 0.3) is 5.91 Å². The van der Waals surface area contributed by atoms with Gasteiger partial charge in [-0.2, -0.15) is 5.10 Å². The van der Waals surface area contributed by atoms with Crippen molar-refractivity contribution in [1.29, 1.82) is 0 Å². The van der Waals surface area contributed by atoms with Crippen LogP contribution in [-0.4, -0.2) is 48.8 Å². The van der Waals surface area contributed by atoms with Crippen LogP contribution in [0.5, 0.6) is 5.75 Å². The Bertz CT molecular complexity index is 818. The van der Waals surface area contributed by atoms with Crippen LogP contribution in [0.2, 0.25) is 0 Å². The average Bonchev–Trinajstić information content (AvgIpc) is 3.14. The van der Waals surface area contributed by atoms with E-state index in [1.807, 2.05) is 43.1 Å². The molecule has 0 saturated carbocycles. The second-order valence-corrected chi connectivity index (χ2v) is 6.62. The van der Waals surface area contributed by atoms with Gasteiger partial charge in [-0.15, -0.1) is 0 Å². The van der Waals surface area contributed by atoms with Gasteiger partial charge < -0.3 is 4.74 Å². The van der Waals surface area contributed by atoms with Crippen molar-refractivity contribution >= 4 is 11.6 Å². The zero-order valence-corrected chi connectivity index (χ0v) is 15.9. The number of benzene rings is 2. The van der Waals surface area contributed by atoms with Gasteiger partial charge in [0.2, 0.25) is 0 Å². The van der Waals surface area contributed by atoms with Crippen molar-refractivity contribution in [2.75, 3.05) is 27.2 Å². The maximum absolute atomic E-state index is 13.3. The van der Waals surface area contributed by atoms with Crippen molar-refractivity contribution in [1.82, 2.24) is 9.91 Å². The Morgan fingerprint density at radius 1 is 1.22 bits per heavy atom. The molecule has 0 radical (unpaired) electrons. The molecular formula is C21H24FN3O2. The summed E-state index contributed by atoms with van der Waals surface area (Å²) >= 11 is 0. The van der Waals surface area contributed by atoms with Gasteiger partial charge in [-0.1, -0.05) is 31.2 Å². The van der Waals surface area contributed by atoms with Gasteiger partial charge in [-0.3, -0.25) is 9.69 Å². The highest BCUT2D eigenvalue weighted by Crippen LogP contribution is 2.33. The Balaban J connectivity index is 1.90. The molecule has 5 nitrogen and oxygen atoms in total. The molecular weight excluding hydrogens is 345 g/mol. The molecule has 1 aliphatic heterocycles. The fourth-order valence-corrected chi connectivity index (χ4v) is 3.06. The van der Waals surface area contributed by atoms with Crippen molar-refractivity contribution in [2.24, 2.45) is 5.10 Å². The largest absolute Gasteiger partial charge is 0.497 e. The van der Waals surface area contributed by atoms with Crippen LogP contribution in [0.3, 0.4) is 0 Å². The topological polar surface area (TPSA) is 45.1 Å². The molecule has 0 N–H and O–H groups in total. The van der Waals surface area contributed by atoms with Crippen molar-refractivity contribution in [2.45, 2.75) is 19.4 Å². The van der Waals surface area contributed by atoms with Crippen molar-refractivity contribution in [3.8, 4) is 5.75 Å². The van der Waals surface area contributed by atoms with E-state index in [1.165, 1.54) is 12.1 Å². The SMILES string of the molecule is CCN(C)CC(=O)N1N=C(c2ccc(F)cc2)CC1c1ccc(OC)cc1. The Kier molecular flexibility index (Phi) is 5.86. The van der Waals surface area contributed by atoms with E-state index in [9.17, 15) is 9.18 Å². The third-order valence-electron chi connectivity index (χ3n) is 4.79. The molecule has 0 spiro atoms. The van der Waals surface area contributed by atoms with E-state index in [4.69, 9.17) is 4.74 Å². The second-order valence-electron chi connectivity index (χ2n) is 6.62. The Morgan fingerprint density at radius 2 is 1.89 bits per heavy atom. The summed E-state index contributed by atoms with van der Waals surface area (Å²) in [6, 6.07) is 13.7. The standard InChI is InChI=1S/C21H24FN3O2/c1-4-24(2)14-21(26)25-20(16-7-11-18(27-3)12-8-16)13-19(23-25)15-5-9-17(22)10-6-15/h5-12,20H,4,13-14H2,1-3H3. The minimum absolute atomic E-state index is 0.0581. The molecule has 1 heterocycles. The molecule has 2 aromatic rings. The molecule has 1 unspecified atom stereocenters. The van der Waals surface area contributed by atoms with Crippen LogP contribution in [0.1, 0.15) is 30.5 Å². The quantitative estimate of drug-likeness (QED) is 0.783. The summed E-state index contributed by atoms with van der Waals surface area (Å²) in [6.45, 7) is 3.08. The maximum atomic E-state index is 13.3. The summed E-state index contributed by atoms with van der Waals surface area (Å²) in [5.74, 6) is 0.416. The number of methoxy groups -OCH3 is 1. The van der Waals surface area contributed by atoms with Crippen molar-refractivity contribution < 1.29 is 13.9 Å². The van der Waals surface area contributed by atoms with E-state index in [1.54, 1.807) is 24.3 Å². The first-order valence-electron chi connectivity index (χ1n) is 8.99. The predicted molar refractivity (Wildman–Crippen MR) is 103 cm³/mol. The van der Waals surface area contributed by atoms with Gasteiger partial charge in [-0.25, -0.2) is 9.40 Å². The summed E-state index contributed by atoms with van der Waals surface area (Å²) in [5, 5.41) is 6.16. The third-order valence-corrected chi connectivity index (χ3v) is 4.79. The first-order valence-corrected chi connectivity index (χ1v) is 8.99. The first-order chi connectivity index (χ1) is 13.0. The molecule has 0 aliphatic carbocycles. The van der Waals surface area contributed by atoms with Crippen molar-refractivity contribution in [3.05, 3.63) is 65.5 Å². The highest BCUT2D eigenvalue weighted by molar-refractivity contribution is 6.03. The lowest BCUT2D eigenvalue weighted by Crippen LogP contribution is -2.36. The minimum atomic E-state index is -0.290.